The van der Waals surface area contributed by atoms with E-state index in [2.05, 4.69) is 27.7 Å². The molecule has 1 saturated heterocycles. The van der Waals surface area contributed by atoms with Crippen LogP contribution >= 0.6 is 0 Å². The SMILES string of the molecule is CCCCOC[C@H]1O[C@H](OCCCC)[C@@H](C)[C@@H](OCCCC)[C@@H]1OC. The maximum atomic E-state index is 6.21. The van der Waals surface area contributed by atoms with Gasteiger partial charge in [0, 0.05) is 32.8 Å². The zero-order valence-corrected chi connectivity index (χ0v) is 17.0. The molecule has 0 unspecified atom stereocenters. The first-order valence-electron chi connectivity index (χ1n) is 10.2. The molecule has 5 atom stereocenters. The van der Waals surface area contributed by atoms with Crippen molar-refractivity contribution in [3.63, 3.8) is 0 Å². The molecule has 0 N–H and O–H groups in total. The van der Waals surface area contributed by atoms with E-state index < -0.39 is 0 Å². The zero-order chi connectivity index (χ0) is 18.5. The normalized spacial score (nSPS) is 29.9. The van der Waals surface area contributed by atoms with Crippen molar-refractivity contribution in [3.8, 4) is 0 Å². The quantitative estimate of drug-likeness (QED) is 0.435. The Hall–Kier alpha value is -0.200. The highest BCUT2D eigenvalue weighted by molar-refractivity contribution is 4.89. The van der Waals surface area contributed by atoms with E-state index in [-0.39, 0.29) is 30.5 Å². The summed E-state index contributed by atoms with van der Waals surface area (Å²) in [6.45, 7) is 11.4. The Labute approximate surface area is 154 Å². The lowest BCUT2D eigenvalue weighted by atomic mass is 9.92. The van der Waals surface area contributed by atoms with Crippen LogP contribution in [0.1, 0.15) is 66.2 Å². The van der Waals surface area contributed by atoms with Gasteiger partial charge >= 0.3 is 0 Å². The van der Waals surface area contributed by atoms with Crippen LogP contribution in [0.5, 0.6) is 0 Å². The Bertz CT molecular complexity index is 312. The fourth-order valence-corrected chi connectivity index (χ4v) is 3.05. The van der Waals surface area contributed by atoms with Gasteiger partial charge in [-0.3, -0.25) is 0 Å². The maximum Gasteiger partial charge on any atom is 0.163 e. The molecular weight excluding hydrogens is 320 g/mol. The third-order valence-corrected chi connectivity index (χ3v) is 4.73. The van der Waals surface area contributed by atoms with Gasteiger partial charge in [0.25, 0.3) is 0 Å². The third-order valence-electron chi connectivity index (χ3n) is 4.73. The summed E-state index contributed by atoms with van der Waals surface area (Å²) in [6, 6.07) is 0. The van der Waals surface area contributed by atoms with Crippen LogP contribution in [0.3, 0.4) is 0 Å². The molecule has 0 radical (unpaired) electrons. The Morgan fingerprint density at radius 1 is 0.800 bits per heavy atom. The topological polar surface area (TPSA) is 46.2 Å². The van der Waals surface area contributed by atoms with Crippen LogP contribution in [-0.4, -0.2) is 58.1 Å². The lowest BCUT2D eigenvalue weighted by Crippen LogP contribution is -2.57. The number of unbranched alkanes of at least 4 members (excludes halogenated alkanes) is 3. The first kappa shape index (κ1) is 22.8. The van der Waals surface area contributed by atoms with Crippen LogP contribution in [0.25, 0.3) is 0 Å². The van der Waals surface area contributed by atoms with Gasteiger partial charge in [-0.1, -0.05) is 47.0 Å². The van der Waals surface area contributed by atoms with E-state index in [1.165, 1.54) is 0 Å². The van der Waals surface area contributed by atoms with Gasteiger partial charge in [0.1, 0.15) is 12.2 Å². The minimum Gasteiger partial charge on any atom is -0.379 e. The largest absolute Gasteiger partial charge is 0.379 e. The van der Waals surface area contributed by atoms with Crippen LogP contribution in [0.15, 0.2) is 0 Å². The van der Waals surface area contributed by atoms with Crippen molar-refractivity contribution in [2.75, 3.05) is 33.5 Å². The predicted molar refractivity (Wildman–Crippen MR) is 99.9 cm³/mol. The minimum atomic E-state index is -0.260. The summed E-state index contributed by atoms with van der Waals surface area (Å²) in [5.41, 5.74) is 0. The van der Waals surface area contributed by atoms with Gasteiger partial charge in [-0.25, -0.2) is 0 Å². The molecule has 0 spiro atoms. The van der Waals surface area contributed by atoms with Gasteiger partial charge in [-0.05, 0) is 19.3 Å². The molecule has 1 aliphatic heterocycles. The summed E-state index contributed by atoms with van der Waals surface area (Å²) in [5.74, 6) is 0.130. The zero-order valence-electron chi connectivity index (χ0n) is 17.0. The molecule has 1 aliphatic rings. The van der Waals surface area contributed by atoms with Crippen molar-refractivity contribution < 1.29 is 23.7 Å². The van der Waals surface area contributed by atoms with Crippen LogP contribution in [0, 0.1) is 5.92 Å². The monoisotopic (exact) mass is 360 g/mol. The molecule has 25 heavy (non-hydrogen) atoms. The van der Waals surface area contributed by atoms with Crippen molar-refractivity contribution in [3.05, 3.63) is 0 Å². The van der Waals surface area contributed by atoms with Gasteiger partial charge < -0.3 is 23.7 Å². The lowest BCUT2D eigenvalue weighted by Gasteiger charge is -2.44. The molecule has 5 heteroatoms. The summed E-state index contributed by atoms with van der Waals surface area (Å²) < 4.78 is 30.0. The Balaban J connectivity index is 2.70. The number of hydrogen-bond donors (Lipinski definition) is 0. The molecule has 0 saturated carbocycles. The number of hydrogen-bond acceptors (Lipinski definition) is 5. The van der Waals surface area contributed by atoms with E-state index in [0.717, 1.165) is 51.7 Å². The van der Waals surface area contributed by atoms with Gasteiger partial charge in [0.15, 0.2) is 6.29 Å². The Kier molecular flexibility index (Phi) is 12.7. The fourth-order valence-electron chi connectivity index (χ4n) is 3.05. The molecule has 0 aliphatic carbocycles. The summed E-state index contributed by atoms with van der Waals surface area (Å²) in [5, 5.41) is 0. The second-order valence-electron chi connectivity index (χ2n) is 6.94. The standard InChI is InChI=1S/C20H40O5/c1-6-9-12-22-15-17-19(21-5)18(23-13-10-7-2)16(4)20(25-17)24-14-11-8-3/h16-20H,6-15H2,1-5H3/t16-,17+,18+,19+,20-/m0/s1. The van der Waals surface area contributed by atoms with E-state index in [4.69, 9.17) is 23.7 Å². The van der Waals surface area contributed by atoms with Gasteiger partial charge in [0.05, 0.1) is 12.7 Å². The third kappa shape index (κ3) is 7.92. The maximum absolute atomic E-state index is 6.21. The van der Waals surface area contributed by atoms with Crippen LogP contribution in [-0.2, 0) is 23.7 Å². The van der Waals surface area contributed by atoms with E-state index in [0.29, 0.717) is 13.2 Å². The van der Waals surface area contributed by atoms with Crippen LogP contribution < -0.4 is 0 Å². The van der Waals surface area contributed by atoms with Crippen molar-refractivity contribution in [1.29, 1.82) is 0 Å². The number of ether oxygens (including phenoxy) is 5. The molecule has 0 amide bonds. The predicted octanol–water partition coefficient (Wildman–Crippen LogP) is 4.18. The van der Waals surface area contributed by atoms with E-state index in [1.54, 1.807) is 7.11 Å². The first-order chi connectivity index (χ1) is 12.2. The lowest BCUT2D eigenvalue weighted by molar-refractivity contribution is -0.295. The van der Waals surface area contributed by atoms with Crippen molar-refractivity contribution >= 4 is 0 Å². The molecule has 0 aromatic heterocycles. The fraction of sp³-hybridized carbons (Fsp3) is 1.00. The molecule has 5 nitrogen and oxygen atoms in total. The van der Waals surface area contributed by atoms with Crippen molar-refractivity contribution in [2.45, 2.75) is 90.8 Å². The highest BCUT2D eigenvalue weighted by Crippen LogP contribution is 2.31. The molecule has 1 fully saturated rings. The molecule has 0 aromatic rings. The van der Waals surface area contributed by atoms with E-state index in [1.807, 2.05) is 0 Å². The average molecular weight is 361 g/mol. The highest BCUT2D eigenvalue weighted by Gasteiger charge is 2.45. The average Bonchev–Trinajstić information content (AvgIpc) is 2.62. The minimum absolute atomic E-state index is 0.0308. The molecule has 0 aromatic carbocycles. The van der Waals surface area contributed by atoms with Crippen molar-refractivity contribution in [2.24, 2.45) is 5.92 Å². The molecule has 150 valence electrons. The molecule has 0 bridgehead atoms. The van der Waals surface area contributed by atoms with E-state index in [9.17, 15) is 0 Å². The number of rotatable bonds is 14. The second-order valence-corrected chi connectivity index (χ2v) is 6.94. The number of methoxy groups -OCH3 is 1. The summed E-state index contributed by atoms with van der Waals surface area (Å²) >= 11 is 0. The second kappa shape index (κ2) is 13.9. The summed E-state index contributed by atoms with van der Waals surface area (Å²) in [7, 11) is 1.73. The smallest absolute Gasteiger partial charge is 0.163 e. The van der Waals surface area contributed by atoms with Crippen LogP contribution in [0.4, 0.5) is 0 Å². The molecule has 1 rings (SSSR count). The van der Waals surface area contributed by atoms with Crippen LogP contribution in [0.2, 0.25) is 0 Å². The van der Waals surface area contributed by atoms with Crippen molar-refractivity contribution in [1.82, 2.24) is 0 Å². The van der Waals surface area contributed by atoms with Gasteiger partial charge in [-0.2, -0.15) is 0 Å². The molecule has 1 heterocycles. The molecular formula is C20H40O5. The Morgan fingerprint density at radius 2 is 1.40 bits per heavy atom. The van der Waals surface area contributed by atoms with E-state index >= 15 is 0 Å². The van der Waals surface area contributed by atoms with Gasteiger partial charge in [-0.15, -0.1) is 0 Å². The first-order valence-corrected chi connectivity index (χ1v) is 10.2. The Morgan fingerprint density at radius 3 is 2.00 bits per heavy atom. The van der Waals surface area contributed by atoms with Gasteiger partial charge in [0.2, 0.25) is 0 Å². The summed E-state index contributed by atoms with van der Waals surface area (Å²) in [6.07, 6.45) is 5.95. The highest BCUT2D eigenvalue weighted by atomic mass is 16.7. The summed E-state index contributed by atoms with van der Waals surface area (Å²) in [4.78, 5) is 0.